The molecule has 0 aliphatic carbocycles. The Kier molecular flexibility index (Phi) is 4.91. The molecule has 0 saturated heterocycles. The zero-order chi connectivity index (χ0) is 14.4. The van der Waals surface area contributed by atoms with Gasteiger partial charge in [0.05, 0.1) is 6.21 Å². The van der Waals surface area contributed by atoms with Crippen LogP contribution in [-0.2, 0) is 6.42 Å². The Hall–Kier alpha value is -2.13. The molecule has 4 heteroatoms. The summed E-state index contributed by atoms with van der Waals surface area (Å²) in [6.07, 6.45) is 2.62. The van der Waals surface area contributed by atoms with Crippen LogP contribution in [0.15, 0.2) is 53.6 Å². The summed E-state index contributed by atoms with van der Waals surface area (Å²) in [6, 6.07) is 14.7. The van der Waals surface area contributed by atoms with E-state index < -0.39 is 0 Å². The Balaban J connectivity index is 1.95. The van der Waals surface area contributed by atoms with E-state index in [1.54, 1.807) is 30.5 Å². The van der Waals surface area contributed by atoms with Gasteiger partial charge < -0.3 is 0 Å². The first-order valence-electron chi connectivity index (χ1n) is 6.37. The first-order valence-corrected chi connectivity index (χ1v) is 6.74. The second kappa shape index (κ2) is 6.87. The van der Waals surface area contributed by atoms with E-state index in [0.29, 0.717) is 10.6 Å². The highest BCUT2D eigenvalue weighted by molar-refractivity contribution is 6.30. The second-order valence-corrected chi connectivity index (χ2v) is 4.74. The summed E-state index contributed by atoms with van der Waals surface area (Å²) >= 11 is 5.76. The molecule has 1 amide bonds. The maximum absolute atomic E-state index is 11.8. The fraction of sp³-hybridized carbons (Fsp3) is 0.125. The minimum atomic E-state index is -0.261. The second-order valence-electron chi connectivity index (χ2n) is 4.30. The minimum absolute atomic E-state index is 0.261. The van der Waals surface area contributed by atoms with Crippen molar-refractivity contribution in [2.75, 3.05) is 0 Å². The van der Waals surface area contributed by atoms with Crippen molar-refractivity contribution in [3.8, 4) is 0 Å². The predicted octanol–water partition coefficient (Wildman–Crippen LogP) is 3.67. The van der Waals surface area contributed by atoms with Crippen molar-refractivity contribution in [3.05, 3.63) is 70.2 Å². The van der Waals surface area contributed by atoms with Crippen molar-refractivity contribution in [1.82, 2.24) is 5.43 Å². The van der Waals surface area contributed by atoms with Crippen molar-refractivity contribution < 1.29 is 4.79 Å². The lowest BCUT2D eigenvalue weighted by Crippen LogP contribution is -2.17. The molecule has 102 valence electrons. The molecular weight excluding hydrogens is 272 g/mol. The molecule has 0 fully saturated rings. The lowest BCUT2D eigenvalue weighted by Gasteiger charge is -2.00. The van der Waals surface area contributed by atoms with E-state index in [-0.39, 0.29) is 5.91 Å². The third-order valence-corrected chi connectivity index (χ3v) is 3.13. The van der Waals surface area contributed by atoms with Crippen LogP contribution in [0.1, 0.15) is 28.4 Å². The number of hydrogen-bond acceptors (Lipinski definition) is 2. The molecule has 0 atom stereocenters. The molecule has 2 rings (SSSR count). The van der Waals surface area contributed by atoms with Crippen LogP contribution in [0.4, 0.5) is 0 Å². The third-order valence-electron chi connectivity index (χ3n) is 2.87. The van der Waals surface area contributed by atoms with Crippen LogP contribution in [0.2, 0.25) is 5.02 Å². The molecule has 0 aromatic heterocycles. The number of rotatable bonds is 4. The summed E-state index contributed by atoms with van der Waals surface area (Å²) in [6.45, 7) is 2.11. The summed E-state index contributed by atoms with van der Waals surface area (Å²) in [5.74, 6) is -0.261. The topological polar surface area (TPSA) is 41.5 Å². The molecule has 0 bridgehead atoms. The van der Waals surface area contributed by atoms with Gasteiger partial charge in [0.25, 0.3) is 5.91 Å². The van der Waals surface area contributed by atoms with Crippen LogP contribution < -0.4 is 5.43 Å². The highest BCUT2D eigenvalue weighted by atomic mass is 35.5. The molecule has 0 aliphatic rings. The number of aryl methyl sites for hydroxylation is 1. The van der Waals surface area contributed by atoms with Gasteiger partial charge in [0.1, 0.15) is 0 Å². The normalized spacial score (nSPS) is 10.7. The quantitative estimate of drug-likeness (QED) is 0.676. The number of carbonyl (C=O) groups excluding carboxylic acids is 1. The zero-order valence-electron chi connectivity index (χ0n) is 11.1. The summed E-state index contributed by atoms with van der Waals surface area (Å²) in [5.41, 5.74) is 5.22. The van der Waals surface area contributed by atoms with E-state index in [4.69, 9.17) is 11.6 Å². The molecule has 3 nitrogen and oxygen atoms in total. The number of halogens is 1. The van der Waals surface area contributed by atoms with Gasteiger partial charge in [0.2, 0.25) is 0 Å². The molecule has 0 radical (unpaired) electrons. The van der Waals surface area contributed by atoms with E-state index >= 15 is 0 Å². The number of benzene rings is 2. The molecule has 0 aliphatic heterocycles. The fourth-order valence-electron chi connectivity index (χ4n) is 1.67. The van der Waals surface area contributed by atoms with E-state index in [1.165, 1.54) is 5.56 Å². The Morgan fingerprint density at radius 1 is 1.15 bits per heavy atom. The van der Waals surface area contributed by atoms with E-state index in [2.05, 4.69) is 17.5 Å². The number of hydrazone groups is 1. The Morgan fingerprint density at radius 2 is 1.80 bits per heavy atom. The lowest BCUT2D eigenvalue weighted by atomic mass is 10.1. The summed E-state index contributed by atoms with van der Waals surface area (Å²) in [5, 5.41) is 4.54. The molecular formula is C16H15ClN2O. The molecule has 1 N–H and O–H groups in total. The highest BCUT2D eigenvalue weighted by Crippen LogP contribution is 2.09. The number of carbonyl (C=O) groups is 1. The van der Waals surface area contributed by atoms with Crippen LogP contribution in [-0.4, -0.2) is 12.1 Å². The van der Waals surface area contributed by atoms with Crippen LogP contribution in [0.3, 0.4) is 0 Å². The average Bonchev–Trinajstić information content (AvgIpc) is 2.48. The average molecular weight is 287 g/mol. The summed E-state index contributed by atoms with van der Waals surface area (Å²) in [4.78, 5) is 11.8. The molecule has 20 heavy (non-hydrogen) atoms. The summed E-state index contributed by atoms with van der Waals surface area (Å²) in [7, 11) is 0. The molecule has 2 aromatic rings. The molecule has 2 aromatic carbocycles. The molecule has 0 saturated carbocycles. The molecule has 0 heterocycles. The fourth-order valence-corrected chi connectivity index (χ4v) is 1.80. The largest absolute Gasteiger partial charge is 0.271 e. The van der Waals surface area contributed by atoms with Crippen molar-refractivity contribution in [3.63, 3.8) is 0 Å². The zero-order valence-corrected chi connectivity index (χ0v) is 11.9. The van der Waals surface area contributed by atoms with Crippen LogP contribution >= 0.6 is 11.6 Å². The first kappa shape index (κ1) is 14.3. The number of nitrogens with one attached hydrogen (secondary N) is 1. The first-order chi connectivity index (χ1) is 9.69. The number of amides is 1. The number of nitrogens with zero attached hydrogens (tertiary/aromatic N) is 1. The van der Waals surface area contributed by atoms with Gasteiger partial charge in [-0.05, 0) is 41.8 Å². The number of hydrogen-bond donors (Lipinski definition) is 1. The smallest absolute Gasteiger partial charge is 0.267 e. The van der Waals surface area contributed by atoms with Gasteiger partial charge in [0.15, 0.2) is 0 Å². The van der Waals surface area contributed by atoms with Crippen molar-refractivity contribution in [1.29, 1.82) is 0 Å². The Bertz CT molecular complexity index is 603. The highest BCUT2D eigenvalue weighted by Gasteiger charge is 2.02. The van der Waals surface area contributed by atoms with Crippen LogP contribution in [0.25, 0.3) is 0 Å². The van der Waals surface area contributed by atoms with Gasteiger partial charge in [-0.15, -0.1) is 0 Å². The van der Waals surface area contributed by atoms with Crippen LogP contribution in [0.5, 0.6) is 0 Å². The Labute approximate surface area is 123 Å². The van der Waals surface area contributed by atoms with Crippen molar-refractivity contribution in [2.45, 2.75) is 13.3 Å². The van der Waals surface area contributed by atoms with Gasteiger partial charge in [0, 0.05) is 10.6 Å². The van der Waals surface area contributed by atoms with Crippen molar-refractivity contribution in [2.24, 2.45) is 5.10 Å². The SMILES string of the molecule is CCc1ccc(C=NNC(=O)c2ccc(Cl)cc2)cc1. The Morgan fingerprint density at radius 3 is 2.40 bits per heavy atom. The van der Waals surface area contributed by atoms with E-state index in [0.717, 1.165) is 12.0 Å². The monoisotopic (exact) mass is 286 g/mol. The van der Waals surface area contributed by atoms with Crippen LogP contribution in [0, 0.1) is 0 Å². The van der Waals surface area contributed by atoms with Gasteiger partial charge in [-0.3, -0.25) is 4.79 Å². The van der Waals surface area contributed by atoms with Gasteiger partial charge >= 0.3 is 0 Å². The molecule has 0 unspecified atom stereocenters. The standard InChI is InChI=1S/C16H15ClN2O/c1-2-12-3-5-13(6-4-12)11-18-19-16(20)14-7-9-15(17)10-8-14/h3-11H,2H2,1H3,(H,19,20). The predicted molar refractivity (Wildman–Crippen MR) is 82.3 cm³/mol. The van der Waals surface area contributed by atoms with E-state index in [9.17, 15) is 4.79 Å². The van der Waals surface area contributed by atoms with E-state index in [1.807, 2.05) is 24.3 Å². The van der Waals surface area contributed by atoms with Gasteiger partial charge in [-0.1, -0.05) is 42.8 Å². The molecule has 0 spiro atoms. The lowest BCUT2D eigenvalue weighted by molar-refractivity contribution is 0.0955. The summed E-state index contributed by atoms with van der Waals surface area (Å²) < 4.78 is 0. The van der Waals surface area contributed by atoms with Gasteiger partial charge in [-0.25, -0.2) is 5.43 Å². The maximum atomic E-state index is 11.8. The third kappa shape index (κ3) is 3.93. The minimum Gasteiger partial charge on any atom is -0.267 e. The van der Waals surface area contributed by atoms with Gasteiger partial charge in [-0.2, -0.15) is 5.10 Å². The van der Waals surface area contributed by atoms with Crippen molar-refractivity contribution >= 4 is 23.7 Å². The maximum Gasteiger partial charge on any atom is 0.271 e.